The highest BCUT2D eigenvalue weighted by atomic mass is 19.4. The molecule has 1 atom stereocenters. The lowest BCUT2D eigenvalue weighted by atomic mass is 9.90. The van der Waals surface area contributed by atoms with E-state index in [1.807, 2.05) is 10.9 Å². The van der Waals surface area contributed by atoms with Crippen LogP contribution in [-0.2, 0) is 4.79 Å². The molecule has 1 fully saturated rings. The lowest BCUT2D eigenvalue weighted by molar-refractivity contribution is -0.245. The number of carbonyl (C=O) groups excluding carboxylic acids is 1. The lowest BCUT2D eigenvalue weighted by Gasteiger charge is -2.32. The molecule has 2 aromatic heterocycles. The summed E-state index contributed by atoms with van der Waals surface area (Å²) in [7, 11) is 0. The molecule has 0 radical (unpaired) electrons. The quantitative estimate of drug-likeness (QED) is 0.845. The van der Waals surface area contributed by atoms with Gasteiger partial charge in [-0.15, -0.1) is 0 Å². The van der Waals surface area contributed by atoms with E-state index in [2.05, 4.69) is 20.4 Å². The average molecular weight is 383 g/mol. The third-order valence-electron chi connectivity index (χ3n) is 4.88. The van der Waals surface area contributed by atoms with Gasteiger partial charge in [0.2, 0.25) is 5.60 Å². The van der Waals surface area contributed by atoms with Crippen LogP contribution in [0.3, 0.4) is 0 Å². The highest BCUT2D eigenvalue weighted by molar-refractivity contribution is 5.85. The van der Waals surface area contributed by atoms with Crippen LogP contribution in [0, 0.1) is 0 Å². The van der Waals surface area contributed by atoms with Crippen molar-refractivity contribution in [1.29, 1.82) is 0 Å². The number of amides is 1. The number of aliphatic hydroxyl groups is 1. The molecular weight excluding hydrogens is 363 g/mol. The van der Waals surface area contributed by atoms with Crippen molar-refractivity contribution in [3.63, 3.8) is 0 Å². The zero-order valence-electron chi connectivity index (χ0n) is 14.6. The van der Waals surface area contributed by atoms with Crippen molar-refractivity contribution in [2.24, 2.45) is 0 Å². The SMILES string of the molecule is CC(O)(C(=O)NC1CCC(n2cc(-c3ccncn3)cn2)CC1)C(F)(F)F. The summed E-state index contributed by atoms with van der Waals surface area (Å²) in [5, 5.41) is 16.1. The van der Waals surface area contributed by atoms with Crippen LogP contribution in [0.15, 0.2) is 31.0 Å². The minimum atomic E-state index is -5.01. The lowest BCUT2D eigenvalue weighted by Crippen LogP contribution is -2.57. The predicted molar refractivity (Wildman–Crippen MR) is 89.4 cm³/mol. The zero-order valence-corrected chi connectivity index (χ0v) is 14.6. The van der Waals surface area contributed by atoms with Crippen LogP contribution in [0.2, 0.25) is 0 Å². The smallest absolute Gasteiger partial charge is 0.373 e. The molecule has 1 aliphatic rings. The minimum absolute atomic E-state index is 0.0943. The Hall–Kier alpha value is -2.49. The summed E-state index contributed by atoms with van der Waals surface area (Å²) in [6.07, 6.45) is 3.99. The second-order valence-corrected chi connectivity index (χ2v) is 6.85. The Morgan fingerprint density at radius 2 is 2.00 bits per heavy atom. The van der Waals surface area contributed by atoms with E-state index in [1.54, 1.807) is 18.5 Å². The van der Waals surface area contributed by atoms with Crippen LogP contribution < -0.4 is 5.32 Å². The standard InChI is InChI=1S/C17H20F3N5O2/c1-16(27,17(18,19)20)15(26)24-12-2-4-13(5-3-12)25-9-11(8-23-25)14-6-7-21-10-22-14/h6-10,12-13,27H,2-5H2,1H3,(H,24,26). The highest BCUT2D eigenvalue weighted by Crippen LogP contribution is 2.32. The van der Waals surface area contributed by atoms with Gasteiger partial charge in [-0.2, -0.15) is 18.3 Å². The molecule has 27 heavy (non-hydrogen) atoms. The van der Waals surface area contributed by atoms with Gasteiger partial charge in [0, 0.05) is 24.0 Å². The Bertz CT molecular complexity index is 783. The minimum Gasteiger partial charge on any atom is -0.373 e. The van der Waals surface area contributed by atoms with Crippen LogP contribution in [0.25, 0.3) is 11.3 Å². The first-order valence-electron chi connectivity index (χ1n) is 8.59. The zero-order chi connectivity index (χ0) is 19.7. The van der Waals surface area contributed by atoms with Gasteiger partial charge in [0.1, 0.15) is 6.33 Å². The van der Waals surface area contributed by atoms with E-state index in [9.17, 15) is 23.1 Å². The molecule has 2 heterocycles. The molecule has 1 saturated carbocycles. The number of rotatable bonds is 4. The average Bonchev–Trinajstić information content (AvgIpc) is 3.12. The summed E-state index contributed by atoms with van der Waals surface area (Å²) in [6, 6.07) is 1.47. The molecule has 3 rings (SSSR count). The summed E-state index contributed by atoms with van der Waals surface area (Å²) in [5.41, 5.74) is -1.78. The molecule has 0 saturated heterocycles. The Labute approximate surface area is 153 Å². The normalized spacial score (nSPS) is 22.9. The summed E-state index contributed by atoms with van der Waals surface area (Å²) in [5.74, 6) is -1.41. The number of nitrogens with zero attached hydrogens (tertiary/aromatic N) is 4. The second kappa shape index (κ2) is 7.26. The van der Waals surface area contributed by atoms with Crippen molar-refractivity contribution in [2.75, 3.05) is 0 Å². The maximum atomic E-state index is 12.7. The van der Waals surface area contributed by atoms with Gasteiger partial charge in [0.15, 0.2) is 0 Å². The van der Waals surface area contributed by atoms with Gasteiger partial charge in [0.25, 0.3) is 5.91 Å². The van der Waals surface area contributed by atoms with Crippen LogP contribution in [0.1, 0.15) is 38.6 Å². The molecular formula is C17H20F3N5O2. The summed E-state index contributed by atoms with van der Waals surface area (Å²) >= 11 is 0. The number of aromatic nitrogens is 4. The first-order valence-corrected chi connectivity index (χ1v) is 8.59. The molecule has 0 spiro atoms. The molecule has 7 nitrogen and oxygen atoms in total. The molecule has 1 unspecified atom stereocenters. The molecule has 0 bridgehead atoms. The topological polar surface area (TPSA) is 92.9 Å². The number of alkyl halides is 3. The summed E-state index contributed by atoms with van der Waals surface area (Å²) in [4.78, 5) is 19.8. The monoisotopic (exact) mass is 383 g/mol. The van der Waals surface area contributed by atoms with Gasteiger partial charge in [0.05, 0.1) is 17.9 Å². The van der Waals surface area contributed by atoms with Crippen LogP contribution in [0.5, 0.6) is 0 Å². The fraction of sp³-hybridized carbons (Fsp3) is 0.529. The molecule has 2 N–H and O–H groups in total. The molecule has 0 aromatic carbocycles. The maximum absolute atomic E-state index is 12.7. The largest absolute Gasteiger partial charge is 0.426 e. The third kappa shape index (κ3) is 4.10. The molecule has 0 aliphatic heterocycles. The van der Waals surface area contributed by atoms with Gasteiger partial charge in [-0.05, 0) is 38.7 Å². The van der Waals surface area contributed by atoms with E-state index in [-0.39, 0.29) is 6.04 Å². The van der Waals surface area contributed by atoms with Crippen molar-refractivity contribution in [3.05, 3.63) is 31.0 Å². The molecule has 2 aromatic rings. The Kier molecular flexibility index (Phi) is 5.18. The van der Waals surface area contributed by atoms with E-state index in [4.69, 9.17) is 0 Å². The predicted octanol–water partition coefficient (Wildman–Crippen LogP) is 2.25. The van der Waals surface area contributed by atoms with Gasteiger partial charge in [-0.25, -0.2) is 9.97 Å². The van der Waals surface area contributed by atoms with Crippen molar-refractivity contribution >= 4 is 5.91 Å². The van der Waals surface area contributed by atoms with Crippen molar-refractivity contribution in [1.82, 2.24) is 25.1 Å². The molecule has 1 amide bonds. The highest BCUT2D eigenvalue weighted by Gasteiger charge is 2.56. The number of halogens is 3. The fourth-order valence-electron chi connectivity index (χ4n) is 3.07. The number of nitrogens with one attached hydrogen (secondary N) is 1. The van der Waals surface area contributed by atoms with Gasteiger partial charge >= 0.3 is 6.18 Å². The van der Waals surface area contributed by atoms with E-state index >= 15 is 0 Å². The first-order chi connectivity index (χ1) is 12.7. The second-order valence-electron chi connectivity index (χ2n) is 6.85. The first kappa shape index (κ1) is 19.3. The van der Waals surface area contributed by atoms with Crippen LogP contribution in [-0.4, -0.2) is 48.6 Å². The van der Waals surface area contributed by atoms with E-state index < -0.39 is 23.7 Å². The third-order valence-corrected chi connectivity index (χ3v) is 4.88. The van der Waals surface area contributed by atoms with E-state index in [0.29, 0.717) is 32.6 Å². The fourth-order valence-corrected chi connectivity index (χ4v) is 3.07. The van der Waals surface area contributed by atoms with Crippen molar-refractivity contribution < 1.29 is 23.1 Å². The van der Waals surface area contributed by atoms with Gasteiger partial charge in [-0.3, -0.25) is 9.48 Å². The molecule has 10 heteroatoms. The number of carbonyl (C=O) groups is 1. The maximum Gasteiger partial charge on any atom is 0.426 e. The van der Waals surface area contributed by atoms with E-state index in [0.717, 1.165) is 11.3 Å². The Balaban J connectivity index is 1.57. The molecule has 146 valence electrons. The van der Waals surface area contributed by atoms with Crippen LogP contribution in [0.4, 0.5) is 13.2 Å². The Morgan fingerprint density at radius 1 is 1.30 bits per heavy atom. The Morgan fingerprint density at radius 3 is 2.59 bits per heavy atom. The molecule has 1 aliphatic carbocycles. The summed E-state index contributed by atoms with van der Waals surface area (Å²) < 4.78 is 40.0. The van der Waals surface area contributed by atoms with Gasteiger partial charge in [-0.1, -0.05) is 0 Å². The number of hydrogen-bond donors (Lipinski definition) is 2. The summed E-state index contributed by atoms with van der Waals surface area (Å²) in [6.45, 7) is 0.465. The van der Waals surface area contributed by atoms with Crippen molar-refractivity contribution in [2.45, 2.75) is 56.5 Å². The van der Waals surface area contributed by atoms with Crippen molar-refractivity contribution in [3.8, 4) is 11.3 Å². The van der Waals surface area contributed by atoms with Crippen LogP contribution >= 0.6 is 0 Å². The number of hydrogen-bond acceptors (Lipinski definition) is 5. The van der Waals surface area contributed by atoms with Gasteiger partial charge < -0.3 is 10.4 Å². The van der Waals surface area contributed by atoms with E-state index in [1.165, 1.54) is 6.33 Å².